The number of amides is 1. The number of rotatable bonds is 5. The predicted octanol–water partition coefficient (Wildman–Crippen LogP) is 2.40. The fraction of sp³-hybridized carbons (Fsp3) is 0.368. The third-order valence-electron chi connectivity index (χ3n) is 4.52. The molecule has 5 heteroatoms. The van der Waals surface area contributed by atoms with Crippen LogP contribution in [0.4, 0.5) is 0 Å². The lowest BCUT2D eigenvalue weighted by molar-refractivity contribution is 0.0678. The molecule has 0 saturated carbocycles. The maximum absolute atomic E-state index is 12.9. The Bertz CT molecular complexity index is 772. The summed E-state index contributed by atoms with van der Waals surface area (Å²) in [5, 5.41) is 0. The van der Waals surface area contributed by atoms with Crippen LogP contribution in [-0.4, -0.2) is 35.5 Å². The summed E-state index contributed by atoms with van der Waals surface area (Å²) in [5.74, 6) is 0.0799. The number of ether oxygens (including phenoxy) is 1. The second kappa shape index (κ2) is 6.91. The molecule has 0 aliphatic heterocycles. The fourth-order valence-electron chi connectivity index (χ4n) is 3.34. The number of aromatic nitrogens is 1. The number of benzene rings is 1. The molecular formula is C19H22N2O3. The van der Waals surface area contributed by atoms with Crippen molar-refractivity contribution >= 4 is 5.91 Å². The van der Waals surface area contributed by atoms with Crippen LogP contribution in [0, 0.1) is 0 Å². The zero-order chi connectivity index (χ0) is 17.1. The lowest BCUT2D eigenvalue weighted by Gasteiger charge is -2.28. The van der Waals surface area contributed by atoms with Gasteiger partial charge in [0.2, 0.25) is 5.43 Å². The van der Waals surface area contributed by atoms with Crippen molar-refractivity contribution in [2.45, 2.75) is 32.2 Å². The Morgan fingerprint density at radius 1 is 1.29 bits per heavy atom. The largest absolute Gasteiger partial charge is 0.491 e. The van der Waals surface area contributed by atoms with Crippen molar-refractivity contribution in [1.82, 2.24) is 9.88 Å². The standard InChI is InChI=1S/C19H22N2O3/c1-3-8-21(15-9-13-6-4-5-7-14(13)10-15)19(23)16-11-17(22)18(24-2)12-20-16/h4-7,11-12,15H,3,8-10H2,1-2H3,(H,20,22). The van der Waals surface area contributed by atoms with Crippen LogP contribution in [0.25, 0.3) is 0 Å². The number of carbonyl (C=O) groups is 1. The highest BCUT2D eigenvalue weighted by atomic mass is 16.5. The van der Waals surface area contributed by atoms with Crippen molar-refractivity contribution in [1.29, 1.82) is 0 Å². The molecule has 1 aromatic heterocycles. The fourth-order valence-corrected chi connectivity index (χ4v) is 3.34. The molecule has 1 heterocycles. The maximum Gasteiger partial charge on any atom is 0.270 e. The van der Waals surface area contributed by atoms with Crippen LogP contribution in [0.5, 0.6) is 5.75 Å². The minimum atomic E-state index is -0.286. The van der Waals surface area contributed by atoms with Crippen molar-refractivity contribution in [2.24, 2.45) is 0 Å². The van der Waals surface area contributed by atoms with Gasteiger partial charge in [0.15, 0.2) is 5.75 Å². The lowest BCUT2D eigenvalue weighted by atomic mass is 10.1. The van der Waals surface area contributed by atoms with E-state index in [-0.39, 0.29) is 23.1 Å². The third kappa shape index (κ3) is 3.07. The zero-order valence-corrected chi connectivity index (χ0v) is 14.0. The highest BCUT2D eigenvalue weighted by Gasteiger charge is 2.30. The number of methoxy groups -OCH3 is 1. The molecule has 0 spiro atoms. The molecule has 0 saturated heterocycles. The van der Waals surface area contributed by atoms with Crippen LogP contribution >= 0.6 is 0 Å². The number of aromatic amines is 1. The number of hydrogen-bond acceptors (Lipinski definition) is 3. The first kappa shape index (κ1) is 16.3. The Labute approximate surface area is 141 Å². The van der Waals surface area contributed by atoms with E-state index in [0.717, 1.165) is 19.3 Å². The van der Waals surface area contributed by atoms with E-state index < -0.39 is 0 Å². The van der Waals surface area contributed by atoms with E-state index >= 15 is 0 Å². The van der Waals surface area contributed by atoms with Gasteiger partial charge in [-0.1, -0.05) is 31.2 Å². The Morgan fingerprint density at radius 3 is 2.50 bits per heavy atom. The number of nitrogens with one attached hydrogen (secondary N) is 1. The minimum Gasteiger partial charge on any atom is -0.491 e. The molecule has 0 radical (unpaired) electrons. The van der Waals surface area contributed by atoms with Gasteiger partial charge in [0, 0.05) is 24.8 Å². The molecular weight excluding hydrogens is 304 g/mol. The minimum absolute atomic E-state index is 0.130. The van der Waals surface area contributed by atoms with E-state index in [9.17, 15) is 9.59 Å². The van der Waals surface area contributed by atoms with Gasteiger partial charge in [0.05, 0.1) is 7.11 Å². The Hall–Kier alpha value is -2.56. The summed E-state index contributed by atoms with van der Waals surface area (Å²) in [5.41, 5.74) is 2.63. The maximum atomic E-state index is 12.9. The molecule has 24 heavy (non-hydrogen) atoms. The monoisotopic (exact) mass is 326 g/mol. The molecule has 126 valence electrons. The van der Waals surface area contributed by atoms with Gasteiger partial charge in [0.1, 0.15) is 5.69 Å². The first-order valence-electron chi connectivity index (χ1n) is 8.28. The summed E-state index contributed by atoms with van der Waals surface area (Å²) in [6.07, 6.45) is 4.05. The van der Waals surface area contributed by atoms with Gasteiger partial charge in [-0.2, -0.15) is 0 Å². The van der Waals surface area contributed by atoms with Crippen LogP contribution in [0.1, 0.15) is 35.0 Å². The summed E-state index contributed by atoms with van der Waals surface area (Å²) in [4.78, 5) is 29.7. The topological polar surface area (TPSA) is 62.4 Å². The quantitative estimate of drug-likeness (QED) is 0.918. The SMILES string of the molecule is CCCN(C(=O)c1cc(=O)c(OC)c[nH]1)C1Cc2ccccc2C1. The van der Waals surface area contributed by atoms with Crippen molar-refractivity contribution < 1.29 is 9.53 Å². The van der Waals surface area contributed by atoms with Crippen molar-refractivity contribution in [3.05, 3.63) is 63.6 Å². The summed E-state index contributed by atoms with van der Waals surface area (Å²) < 4.78 is 4.96. The van der Waals surface area contributed by atoms with E-state index in [1.807, 2.05) is 17.0 Å². The molecule has 1 amide bonds. The zero-order valence-electron chi connectivity index (χ0n) is 14.0. The number of hydrogen-bond donors (Lipinski definition) is 1. The van der Waals surface area contributed by atoms with Crippen molar-refractivity contribution in [3.63, 3.8) is 0 Å². The number of H-pyrrole nitrogens is 1. The molecule has 5 nitrogen and oxygen atoms in total. The molecule has 0 bridgehead atoms. The first-order valence-corrected chi connectivity index (χ1v) is 8.28. The molecule has 0 unspecified atom stereocenters. The second-order valence-corrected chi connectivity index (χ2v) is 6.11. The molecule has 1 aliphatic carbocycles. The summed E-state index contributed by atoms with van der Waals surface area (Å²) in [6, 6.07) is 9.78. The highest BCUT2D eigenvalue weighted by Crippen LogP contribution is 2.26. The van der Waals surface area contributed by atoms with E-state index in [4.69, 9.17) is 4.74 Å². The molecule has 1 N–H and O–H groups in total. The van der Waals surface area contributed by atoms with Gasteiger partial charge in [0.25, 0.3) is 5.91 Å². The van der Waals surface area contributed by atoms with Gasteiger partial charge in [-0.25, -0.2) is 0 Å². The molecule has 1 aromatic carbocycles. The van der Waals surface area contributed by atoms with Crippen LogP contribution < -0.4 is 10.2 Å². The van der Waals surface area contributed by atoms with Gasteiger partial charge >= 0.3 is 0 Å². The lowest BCUT2D eigenvalue weighted by Crippen LogP contribution is -2.42. The summed E-state index contributed by atoms with van der Waals surface area (Å²) in [6.45, 7) is 2.73. The molecule has 0 fully saturated rings. The summed E-state index contributed by atoms with van der Waals surface area (Å²) >= 11 is 0. The Balaban J connectivity index is 1.85. The smallest absolute Gasteiger partial charge is 0.270 e. The highest BCUT2D eigenvalue weighted by molar-refractivity contribution is 5.92. The van der Waals surface area contributed by atoms with E-state index in [0.29, 0.717) is 12.2 Å². The average Bonchev–Trinajstić information content (AvgIpc) is 3.02. The van der Waals surface area contributed by atoms with Crippen LogP contribution in [0.15, 0.2) is 41.3 Å². The van der Waals surface area contributed by atoms with Crippen LogP contribution in [-0.2, 0) is 12.8 Å². The normalized spacial score (nSPS) is 13.6. The molecule has 0 atom stereocenters. The molecule has 2 aromatic rings. The first-order chi connectivity index (χ1) is 11.6. The Morgan fingerprint density at radius 2 is 1.96 bits per heavy atom. The van der Waals surface area contributed by atoms with Gasteiger partial charge < -0.3 is 14.6 Å². The second-order valence-electron chi connectivity index (χ2n) is 6.11. The van der Waals surface area contributed by atoms with Gasteiger partial charge in [-0.3, -0.25) is 9.59 Å². The predicted molar refractivity (Wildman–Crippen MR) is 92.6 cm³/mol. The number of fused-ring (bicyclic) bond motifs is 1. The van der Waals surface area contributed by atoms with E-state index in [1.165, 1.54) is 30.5 Å². The molecule has 1 aliphatic rings. The number of carbonyl (C=O) groups excluding carboxylic acids is 1. The average molecular weight is 326 g/mol. The van der Waals surface area contributed by atoms with Gasteiger partial charge in [-0.15, -0.1) is 0 Å². The van der Waals surface area contributed by atoms with E-state index in [2.05, 4.69) is 24.0 Å². The number of pyridine rings is 1. The van der Waals surface area contributed by atoms with Gasteiger partial charge in [-0.05, 0) is 30.4 Å². The Kier molecular flexibility index (Phi) is 4.69. The van der Waals surface area contributed by atoms with Crippen molar-refractivity contribution in [2.75, 3.05) is 13.7 Å². The number of nitrogens with zero attached hydrogens (tertiary/aromatic N) is 1. The van der Waals surface area contributed by atoms with Crippen LogP contribution in [0.2, 0.25) is 0 Å². The molecule has 3 rings (SSSR count). The van der Waals surface area contributed by atoms with Crippen molar-refractivity contribution in [3.8, 4) is 5.75 Å². The third-order valence-corrected chi connectivity index (χ3v) is 4.52. The van der Waals surface area contributed by atoms with Crippen LogP contribution in [0.3, 0.4) is 0 Å². The summed E-state index contributed by atoms with van der Waals surface area (Å²) in [7, 11) is 1.44. The van der Waals surface area contributed by atoms with E-state index in [1.54, 1.807) is 0 Å².